The van der Waals surface area contributed by atoms with Crippen LogP contribution < -0.4 is 0 Å². The molecule has 0 amide bonds. The molecular weight excluding hydrogens is 136 g/mol. The van der Waals surface area contributed by atoms with E-state index in [0.717, 1.165) is 0 Å². The maximum Gasteiger partial charge on any atom is 0.0542 e. The molecule has 1 heteroatoms. The predicted molar refractivity (Wildman–Crippen MR) is 50.1 cm³/mol. The Morgan fingerprint density at radius 3 is 2.40 bits per heavy atom. The fraction of sp³-hybridized carbons (Fsp3) is 0.778. The zero-order chi connectivity index (χ0) is 7.45. The summed E-state index contributed by atoms with van der Waals surface area (Å²) in [6.45, 7) is 6.37. The van der Waals surface area contributed by atoms with Gasteiger partial charge in [0, 0.05) is 0 Å². The highest BCUT2D eigenvalue weighted by molar-refractivity contribution is 6.79. The average molecular weight is 154 g/mol. The van der Waals surface area contributed by atoms with Crippen molar-refractivity contribution in [3.63, 3.8) is 0 Å². The summed E-state index contributed by atoms with van der Waals surface area (Å²) in [7, 11) is -0.755. The largest absolute Gasteiger partial charge is 0.103 e. The molecule has 58 valence electrons. The molecule has 0 aromatic heterocycles. The van der Waals surface area contributed by atoms with Crippen LogP contribution in [0.3, 0.4) is 0 Å². The zero-order valence-electron chi connectivity index (χ0n) is 7.03. The van der Waals surface area contributed by atoms with Gasteiger partial charge in [0.2, 0.25) is 0 Å². The van der Waals surface area contributed by atoms with Crippen LogP contribution >= 0.6 is 0 Å². The number of allylic oxidation sites excluding steroid dienone is 1. The molecule has 0 aromatic carbocycles. The van der Waals surface area contributed by atoms with Gasteiger partial charge in [0.1, 0.15) is 0 Å². The minimum absolute atomic E-state index is 0.755. The van der Waals surface area contributed by atoms with Gasteiger partial charge in [-0.25, -0.2) is 0 Å². The summed E-state index contributed by atoms with van der Waals surface area (Å²) in [6.07, 6.45) is 6.62. The van der Waals surface area contributed by atoms with Crippen LogP contribution in [-0.2, 0) is 0 Å². The van der Waals surface area contributed by atoms with Crippen molar-refractivity contribution in [1.29, 1.82) is 0 Å². The van der Waals surface area contributed by atoms with Gasteiger partial charge < -0.3 is 0 Å². The summed E-state index contributed by atoms with van der Waals surface area (Å²) < 4.78 is 0. The van der Waals surface area contributed by atoms with Crippen molar-refractivity contribution in [2.24, 2.45) is 0 Å². The van der Waals surface area contributed by atoms with Crippen molar-refractivity contribution in [2.75, 3.05) is 0 Å². The highest BCUT2D eigenvalue weighted by atomic mass is 28.3. The second kappa shape index (κ2) is 3.38. The first-order chi connectivity index (χ1) is 4.77. The van der Waals surface area contributed by atoms with E-state index in [-0.39, 0.29) is 0 Å². The molecule has 0 spiro atoms. The van der Waals surface area contributed by atoms with Gasteiger partial charge in [-0.1, -0.05) is 44.0 Å². The van der Waals surface area contributed by atoms with Crippen molar-refractivity contribution in [1.82, 2.24) is 0 Å². The fourth-order valence-corrected chi connectivity index (χ4v) is 5.52. The highest BCUT2D eigenvalue weighted by Gasteiger charge is 2.26. The molecule has 0 unspecified atom stereocenters. The molecule has 1 aliphatic heterocycles. The van der Waals surface area contributed by atoms with Crippen molar-refractivity contribution >= 4 is 8.07 Å². The van der Waals surface area contributed by atoms with Gasteiger partial charge in [0.05, 0.1) is 8.07 Å². The standard InChI is InChI=1S/C9H18Si/c1-3-7-10(2)8-5-4-6-9-10/h3H,1,4-9H2,2H3. The van der Waals surface area contributed by atoms with Crippen LogP contribution in [0.15, 0.2) is 12.7 Å². The van der Waals surface area contributed by atoms with Crippen LogP contribution in [-0.4, -0.2) is 8.07 Å². The van der Waals surface area contributed by atoms with Gasteiger partial charge in [-0.15, -0.1) is 6.58 Å². The third-order valence-corrected chi connectivity index (χ3v) is 7.09. The highest BCUT2D eigenvalue weighted by Crippen LogP contribution is 2.31. The average Bonchev–Trinajstić information content (AvgIpc) is 1.89. The predicted octanol–water partition coefficient (Wildman–Crippen LogP) is 3.43. The first kappa shape index (κ1) is 8.06. The maximum atomic E-state index is 3.83. The first-order valence-electron chi connectivity index (χ1n) is 4.38. The van der Waals surface area contributed by atoms with E-state index in [1.54, 1.807) is 12.1 Å². The summed E-state index contributed by atoms with van der Waals surface area (Å²) in [5.74, 6) is 0. The molecule has 1 saturated heterocycles. The lowest BCUT2D eigenvalue weighted by Crippen LogP contribution is -2.30. The lowest BCUT2D eigenvalue weighted by Gasteiger charge is -2.30. The smallest absolute Gasteiger partial charge is 0.0542 e. The van der Waals surface area contributed by atoms with Gasteiger partial charge in [-0.3, -0.25) is 0 Å². The minimum Gasteiger partial charge on any atom is -0.103 e. The Kier molecular flexibility index (Phi) is 2.72. The van der Waals surface area contributed by atoms with E-state index in [0.29, 0.717) is 0 Å². The molecular formula is C9H18Si. The van der Waals surface area contributed by atoms with Crippen LogP contribution in [0.2, 0.25) is 24.7 Å². The van der Waals surface area contributed by atoms with E-state index in [9.17, 15) is 0 Å². The van der Waals surface area contributed by atoms with E-state index in [1.165, 1.54) is 25.3 Å². The lowest BCUT2D eigenvalue weighted by atomic mass is 10.3. The molecule has 1 fully saturated rings. The SMILES string of the molecule is C=CC[Si]1(C)CCCCC1. The van der Waals surface area contributed by atoms with Gasteiger partial charge in [0.25, 0.3) is 0 Å². The van der Waals surface area contributed by atoms with Crippen LogP contribution in [0, 0.1) is 0 Å². The molecule has 1 heterocycles. The summed E-state index contributed by atoms with van der Waals surface area (Å²) in [5, 5.41) is 0. The van der Waals surface area contributed by atoms with Crippen LogP contribution in [0.4, 0.5) is 0 Å². The monoisotopic (exact) mass is 154 g/mol. The Hall–Kier alpha value is -0.0431. The summed E-state index contributed by atoms with van der Waals surface area (Å²) in [5.41, 5.74) is 0. The molecule has 0 nitrogen and oxygen atoms in total. The van der Waals surface area contributed by atoms with Crippen LogP contribution in [0.25, 0.3) is 0 Å². The Labute approximate surface area is 65.3 Å². The Morgan fingerprint density at radius 1 is 1.30 bits per heavy atom. The topological polar surface area (TPSA) is 0 Å². The molecule has 0 N–H and O–H groups in total. The fourth-order valence-electron chi connectivity index (χ4n) is 1.96. The van der Waals surface area contributed by atoms with E-state index >= 15 is 0 Å². The van der Waals surface area contributed by atoms with Gasteiger partial charge in [-0.05, 0) is 6.04 Å². The molecule has 0 aromatic rings. The zero-order valence-corrected chi connectivity index (χ0v) is 8.03. The van der Waals surface area contributed by atoms with E-state index in [4.69, 9.17) is 0 Å². The molecule has 10 heavy (non-hydrogen) atoms. The van der Waals surface area contributed by atoms with E-state index in [1.807, 2.05) is 0 Å². The van der Waals surface area contributed by atoms with Crippen LogP contribution in [0.1, 0.15) is 19.3 Å². The van der Waals surface area contributed by atoms with Crippen LogP contribution in [0.5, 0.6) is 0 Å². The number of hydrogen-bond donors (Lipinski definition) is 0. The maximum absolute atomic E-state index is 3.83. The summed E-state index contributed by atoms with van der Waals surface area (Å²) >= 11 is 0. The Morgan fingerprint density at radius 2 is 1.90 bits per heavy atom. The number of rotatable bonds is 2. The summed E-state index contributed by atoms with van der Waals surface area (Å²) in [6, 6.07) is 4.46. The van der Waals surface area contributed by atoms with Crippen molar-refractivity contribution < 1.29 is 0 Å². The minimum atomic E-state index is -0.755. The second-order valence-corrected chi connectivity index (χ2v) is 8.89. The third-order valence-electron chi connectivity index (χ3n) is 2.70. The molecule has 1 rings (SSSR count). The second-order valence-electron chi connectivity index (χ2n) is 3.86. The number of hydrogen-bond acceptors (Lipinski definition) is 0. The third kappa shape index (κ3) is 1.98. The van der Waals surface area contributed by atoms with E-state index in [2.05, 4.69) is 19.2 Å². The van der Waals surface area contributed by atoms with Gasteiger partial charge in [-0.2, -0.15) is 0 Å². The molecule has 0 radical (unpaired) electrons. The molecule has 0 aliphatic carbocycles. The molecule has 0 atom stereocenters. The Bertz CT molecular complexity index is 112. The summed E-state index contributed by atoms with van der Waals surface area (Å²) in [4.78, 5) is 0. The first-order valence-corrected chi connectivity index (χ1v) is 7.50. The van der Waals surface area contributed by atoms with Gasteiger partial charge >= 0.3 is 0 Å². The quantitative estimate of drug-likeness (QED) is 0.422. The van der Waals surface area contributed by atoms with Gasteiger partial charge in [0.15, 0.2) is 0 Å². The van der Waals surface area contributed by atoms with E-state index < -0.39 is 8.07 Å². The molecule has 1 aliphatic rings. The molecule has 0 saturated carbocycles. The van der Waals surface area contributed by atoms with Crippen molar-refractivity contribution in [3.05, 3.63) is 12.7 Å². The Balaban J connectivity index is 2.39. The lowest BCUT2D eigenvalue weighted by molar-refractivity contribution is 0.710. The van der Waals surface area contributed by atoms with Crippen molar-refractivity contribution in [3.8, 4) is 0 Å². The van der Waals surface area contributed by atoms with Crippen molar-refractivity contribution in [2.45, 2.75) is 43.9 Å². The normalized spacial score (nSPS) is 24.1. The molecule has 0 bridgehead atoms.